The second-order valence-electron chi connectivity index (χ2n) is 6.51. The Morgan fingerprint density at radius 3 is 1.91 bits per heavy atom. The van der Waals surface area contributed by atoms with E-state index in [9.17, 15) is 0 Å². The predicted molar refractivity (Wildman–Crippen MR) is 100 cm³/mol. The van der Waals surface area contributed by atoms with Crippen molar-refractivity contribution in [2.45, 2.75) is 104 Å². The largest absolute Gasteiger partial charge is 0.391 e. The van der Waals surface area contributed by atoms with Gasteiger partial charge in [0, 0.05) is 12.7 Å². The first-order chi connectivity index (χ1) is 10.6. The standard InChI is InChI=1S/C19H40O2Si/c1-6-10-11-12-13-14-15-18-20-22(5,9-4)21-19(16-7-2)17-8-3/h9,19H,4,6-8,10-18H2,1-3,5H3. The molecule has 0 bridgehead atoms. The summed E-state index contributed by atoms with van der Waals surface area (Å²) >= 11 is 0. The van der Waals surface area contributed by atoms with Crippen LogP contribution in [0.5, 0.6) is 0 Å². The van der Waals surface area contributed by atoms with Crippen LogP contribution in [0.3, 0.4) is 0 Å². The molecule has 0 radical (unpaired) electrons. The van der Waals surface area contributed by atoms with E-state index in [2.05, 4.69) is 33.9 Å². The maximum atomic E-state index is 6.33. The van der Waals surface area contributed by atoms with E-state index in [1.54, 1.807) is 0 Å². The summed E-state index contributed by atoms with van der Waals surface area (Å²) in [6.07, 6.45) is 14.2. The van der Waals surface area contributed by atoms with E-state index < -0.39 is 8.56 Å². The monoisotopic (exact) mass is 328 g/mol. The van der Waals surface area contributed by atoms with Gasteiger partial charge in [0.25, 0.3) is 0 Å². The molecule has 0 N–H and O–H groups in total. The van der Waals surface area contributed by atoms with Gasteiger partial charge in [-0.2, -0.15) is 0 Å². The third-order valence-corrected chi connectivity index (χ3v) is 6.45. The summed E-state index contributed by atoms with van der Waals surface area (Å²) in [4.78, 5) is 0. The highest BCUT2D eigenvalue weighted by atomic mass is 28.4. The van der Waals surface area contributed by atoms with Crippen LogP contribution < -0.4 is 0 Å². The quantitative estimate of drug-likeness (QED) is 0.237. The Bertz CT molecular complexity index is 252. The molecule has 0 amide bonds. The Morgan fingerprint density at radius 2 is 1.41 bits per heavy atom. The van der Waals surface area contributed by atoms with Gasteiger partial charge in [-0.25, -0.2) is 0 Å². The van der Waals surface area contributed by atoms with Crippen molar-refractivity contribution in [1.29, 1.82) is 0 Å². The summed E-state index contributed by atoms with van der Waals surface area (Å²) in [5.74, 6) is 0. The third kappa shape index (κ3) is 11.4. The minimum Gasteiger partial charge on any atom is -0.391 e. The van der Waals surface area contributed by atoms with Gasteiger partial charge < -0.3 is 8.85 Å². The van der Waals surface area contributed by atoms with E-state index >= 15 is 0 Å². The van der Waals surface area contributed by atoms with Crippen LogP contribution in [0.15, 0.2) is 12.3 Å². The highest BCUT2D eigenvalue weighted by Gasteiger charge is 2.30. The summed E-state index contributed by atoms with van der Waals surface area (Å²) < 4.78 is 12.5. The van der Waals surface area contributed by atoms with Crippen molar-refractivity contribution >= 4 is 8.56 Å². The second-order valence-corrected chi connectivity index (χ2v) is 9.47. The van der Waals surface area contributed by atoms with E-state index in [0.29, 0.717) is 6.10 Å². The Kier molecular flexibility index (Phi) is 14.4. The molecule has 0 saturated heterocycles. The van der Waals surface area contributed by atoms with E-state index in [-0.39, 0.29) is 0 Å². The van der Waals surface area contributed by atoms with Crippen molar-refractivity contribution < 1.29 is 8.85 Å². The molecule has 0 saturated carbocycles. The molecule has 2 nitrogen and oxygen atoms in total. The normalized spacial score (nSPS) is 14.2. The van der Waals surface area contributed by atoms with Crippen LogP contribution in [-0.4, -0.2) is 21.3 Å². The molecule has 0 aliphatic rings. The molecule has 0 aromatic rings. The van der Waals surface area contributed by atoms with Crippen LogP contribution in [0, 0.1) is 0 Å². The lowest BCUT2D eigenvalue weighted by Crippen LogP contribution is -2.41. The molecule has 0 fully saturated rings. The van der Waals surface area contributed by atoms with E-state index in [4.69, 9.17) is 8.85 Å². The van der Waals surface area contributed by atoms with Gasteiger partial charge in [0.1, 0.15) is 0 Å². The second kappa shape index (κ2) is 14.5. The maximum Gasteiger partial charge on any atom is 0.361 e. The first-order valence-corrected chi connectivity index (χ1v) is 12.0. The molecule has 0 aliphatic heterocycles. The minimum absolute atomic E-state index is 0.346. The number of rotatable bonds is 16. The maximum absolute atomic E-state index is 6.33. The van der Waals surface area contributed by atoms with Gasteiger partial charge in [0.2, 0.25) is 0 Å². The zero-order valence-corrected chi connectivity index (χ0v) is 16.7. The Balaban J connectivity index is 3.93. The Hall–Kier alpha value is -0.123. The average molecular weight is 329 g/mol. The Morgan fingerprint density at radius 1 is 0.864 bits per heavy atom. The van der Waals surface area contributed by atoms with Crippen LogP contribution in [-0.2, 0) is 8.85 Å². The molecule has 0 rings (SSSR count). The first kappa shape index (κ1) is 21.9. The van der Waals surface area contributed by atoms with Gasteiger partial charge in [-0.05, 0) is 31.5 Å². The van der Waals surface area contributed by atoms with Gasteiger partial charge in [-0.15, -0.1) is 6.58 Å². The van der Waals surface area contributed by atoms with Crippen molar-refractivity contribution in [3.05, 3.63) is 12.3 Å². The molecule has 132 valence electrons. The van der Waals surface area contributed by atoms with Gasteiger partial charge in [0.05, 0.1) is 0 Å². The Labute approximate surface area is 140 Å². The lowest BCUT2D eigenvalue weighted by atomic mass is 10.1. The zero-order valence-electron chi connectivity index (χ0n) is 15.7. The van der Waals surface area contributed by atoms with Crippen molar-refractivity contribution in [2.24, 2.45) is 0 Å². The number of unbranched alkanes of at least 4 members (excludes halogenated alkanes) is 6. The number of hydrogen-bond acceptors (Lipinski definition) is 2. The topological polar surface area (TPSA) is 18.5 Å². The minimum atomic E-state index is -2.18. The average Bonchev–Trinajstić information content (AvgIpc) is 2.50. The lowest BCUT2D eigenvalue weighted by Gasteiger charge is -2.29. The van der Waals surface area contributed by atoms with Gasteiger partial charge in [-0.3, -0.25) is 0 Å². The fourth-order valence-corrected chi connectivity index (χ4v) is 4.44. The molecule has 0 aromatic heterocycles. The van der Waals surface area contributed by atoms with Crippen LogP contribution in [0.2, 0.25) is 6.55 Å². The molecule has 0 aliphatic carbocycles. The van der Waals surface area contributed by atoms with E-state index in [1.165, 1.54) is 51.4 Å². The molecule has 22 heavy (non-hydrogen) atoms. The molecule has 0 spiro atoms. The van der Waals surface area contributed by atoms with Crippen molar-refractivity contribution in [3.63, 3.8) is 0 Å². The highest BCUT2D eigenvalue weighted by Crippen LogP contribution is 2.19. The van der Waals surface area contributed by atoms with Crippen LogP contribution in [0.1, 0.15) is 91.4 Å². The van der Waals surface area contributed by atoms with Gasteiger partial charge in [-0.1, -0.05) is 72.1 Å². The molecular formula is C19H40O2Si. The highest BCUT2D eigenvalue weighted by molar-refractivity contribution is 6.71. The lowest BCUT2D eigenvalue weighted by molar-refractivity contribution is 0.109. The summed E-state index contributed by atoms with van der Waals surface area (Å²) in [5, 5.41) is 0. The summed E-state index contributed by atoms with van der Waals surface area (Å²) in [6, 6.07) is 0. The summed E-state index contributed by atoms with van der Waals surface area (Å²) in [5.41, 5.74) is 1.95. The SMILES string of the molecule is C=C[Si](C)(OCCCCCCCCC)OC(CCC)CCC. The molecule has 3 heteroatoms. The van der Waals surface area contributed by atoms with Gasteiger partial charge >= 0.3 is 8.56 Å². The van der Waals surface area contributed by atoms with Crippen LogP contribution in [0.4, 0.5) is 0 Å². The third-order valence-electron chi connectivity index (χ3n) is 4.13. The summed E-state index contributed by atoms with van der Waals surface area (Å²) in [6.45, 7) is 13.6. The predicted octanol–water partition coefficient (Wildman–Crippen LogP) is 6.54. The van der Waals surface area contributed by atoms with E-state index in [0.717, 1.165) is 25.9 Å². The van der Waals surface area contributed by atoms with Crippen LogP contribution in [0.25, 0.3) is 0 Å². The van der Waals surface area contributed by atoms with Crippen molar-refractivity contribution in [2.75, 3.05) is 6.61 Å². The molecular weight excluding hydrogens is 288 g/mol. The fourth-order valence-electron chi connectivity index (χ4n) is 2.71. The smallest absolute Gasteiger partial charge is 0.361 e. The van der Waals surface area contributed by atoms with Crippen molar-refractivity contribution in [1.82, 2.24) is 0 Å². The molecule has 1 atom stereocenters. The zero-order chi connectivity index (χ0) is 16.7. The molecule has 0 heterocycles. The first-order valence-electron chi connectivity index (χ1n) is 9.57. The van der Waals surface area contributed by atoms with E-state index in [1.807, 2.05) is 5.70 Å². The summed E-state index contributed by atoms with van der Waals surface area (Å²) in [7, 11) is -2.18. The van der Waals surface area contributed by atoms with Crippen molar-refractivity contribution in [3.8, 4) is 0 Å². The fraction of sp³-hybridized carbons (Fsp3) is 0.895. The number of hydrogen-bond donors (Lipinski definition) is 0. The molecule has 0 aromatic carbocycles. The van der Waals surface area contributed by atoms with Crippen LogP contribution >= 0.6 is 0 Å². The van der Waals surface area contributed by atoms with Gasteiger partial charge in [0.15, 0.2) is 0 Å². The molecule has 1 unspecified atom stereocenters.